The molecular weight excluding hydrogens is 520 g/mol. The summed E-state index contributed by atoms with van der Waals surface area (Å²) in [5.74, 6) is 0.474. The molecular formula is C33H31ClN4O2. The van der Waals surface area contributed by atoms with Crippen LogP contribution in [0.3, 0.4) is 0 Å². The second-order valence-corrected chi connectivity index (χ2v) is 10.3. The number of aryl methyl sites for hydroxylation is 2. The van der Waals surface area contributed by atoms with E-state index in [1.54, 1.807) is 21.6 Å². The Kier molecular flexibility index (Phi) is 7.99. The summed E-state index contributed by atoms with van der Waals surface area (Å²) in [6.07, 6.45) is 0.643. The third kappa shape index (κ3) is 5.63. The molecule has 2 amide bonds. The summed E-state index contributed by atoms with van der Waals surface area (Å²) in [5.41, 5.74) is 4.71. The molecule has 0 aliphatic carbocycles. The Hall–Kier alpha value is -4.42. The van der Waals surface area contributed by atoms with Crippen LogP contribution in [-0.4, -0.2) is 27.0 Å². The van der Waals surface area contributed by atoms with Crippen molar-refractivity contribution in [3.05, 3.63) is 135 Å². The predicted octanol–water partition coefficient (Wildman–Crippen LogP) is 7.49. The number of carbonyl (C=O) groups is 1. The lowest BCUT2D eigenvalue weighted by molar-refractivity contribution is 0.190. The maximum atomic E-state index is 14.0. The van der Waals surface area contributed by atoms with E-state index in [0.29, 0.717) is 40.4 Å². The maximum Gasteiger partial charge on any atom is 0.322 e. The fourth-order valence-electron chi connectivity index (χ4n) is 4.94. The molecule has 5 aromatic rings. The van der Waals surface area contributed by atoms with Crippen molar-refractivity contribution < 1.29 is 4.79 Å². The van der Waals surface area contributed by atoms with Crippen molar-refractivity contribution in [3.8, 4) is 5.69 Å². The summed E-state index contributed by atoms with van der Waals surface area (Å²) in [7, 11) is 0. The Morgan fingerprint density at radius 1 is 0.925 bits per heavy atom. The lowest BCUT2D eigenvalue weighted by Crippen LogP contribution is -2.41. The zero-order chi connectivity index (χ0) is 28.2. The molecule has 0 spiro atoms. The number of hydrogen-bond donors (Lipinski definition) is 1. The molecule has 1 atom stereocenters. The molecule has 1 aromatic heterocycles. The van der Waals surface area contributed by atoms with Crippen LogP contribution in [0.4, 0.5) is 10.5 Å². The highest BCUT2D eigenvalue weighted by Crippen LogP contribution is 2.27. The van der Waals surface area contributed by atoms with Gasteiger partial charge in [0.1, 0.15) is 5.82 Å². The number of halogens is 1. The van der Waals surface area contributed by atoms with Crippen LogP contribution in [-0.2, 0) is 6.42 Å². The molecule has 0 aliphatic heterocycles. The van der Waals surface area contributed by atoms with Crippen LogP contribution in [0.25, 0.3) is 16.6 Å². The number of rotatable bonds is 7. The molecule has 1 N–H and O–H groups in total. The number of hydrogen-bond acceptors (Lipinski definition) is 3. The van der Waals surface area contributed by atoms with E-state index in [1.807, 2.05) is 106 Å². The fraction of sp³-hybridized carbons (Fsp3) is 0.182. The van der Waals surface area contributed by atoms with Crippen molar-refractivity contribution >= 4 is 34.2 Å². The lowest BCUT2D eigenvalue weighted by atomic mass is 10.1. The number of anilines is 1. The van der Waals surface area contributed by atoms with Crippen molar-refractivity contribution in [2.24, 2.45) is 0 Å². The van der Waals surface area contributed by atoms with E-state index < -0.39 is 6.04 Å². The average molecular weight is 551 g/mol. The largest absolute Gasteiger partial charge is 0.322 e. The normalized spacial score (nSPS) is 11.8. The first kappa shape index (κ1) is 27.2. The van der Waals surface area contributed by atoms with Gasteiger partial charge in [-0.25, -0.2) is 9.78 Å². The summed E-state index contributed by atoms with van der Waals surface area (Å²) < 4.78 is 1.62. The third-order valence-electron chi connectivity index (χ3n) is 7.17. The van der Waals surface area contributed by atoms with E-state index in [4.69, 9.17) is 16.6 Å². The van der Waals surface area contributed by atoms with E-state index in [9.17, 15) is 9.59 Å². The Morgan fingerprint density at radius 2 is 1.62 bits per heavy atom. The molecule has 6 nitrogen and oxygen atoms in total. The number of fused-ring (bicyclic) bond motifs is 1. The Labute approximate surface area is 238 Å². The molecule has 0 aliphatic rings. The lowest BCUT2D eigenvalue weighted by Gasteiger charge is -2.31. The van der Waals surface area contributed by atoms with Crippen LogP contribution in [0.1, 0.15) is 35.5 Å². The predicted molar refractivity (Wildman–Crippen MR) is 163 cm³/mol. The first-order chi connectivity index (χ1) is 19.3. The van der Waals surface area contributed by atoms with Crippen LogP contribution in [0.5, 0.6) is 0 Å². The molecule has 7 heteroatoms. The van der Waals surface area contributed by atoms with Crippen LogP contribution in [0, 0.1) is 13.8 Å². The number of benzene rings is 4. The fourth-order valence-corrected chi connectivity index (χ4v) is 5.16. The second-order valence-electron chi connectivity index (χ2n) is 9.91. The number of para-hydroxylation sites is 2. The Bertz CT molecular complexity index is 1730. The highest BCUT2D eigenvalue weighted by Gasteiger charge is 2.27. The molecule has 4 aromatic carbocycles. The van der Waals surface area contributed by atoms with Gasteiger partial charge in [0.05, 0.1) is 22.6 Å². The molecule has 0 saturated heterocycles. The number of aromatic nitrogens is 2. The van der Waals surface area contributed by atoms with Crippen LogP contribution in [0.15, 0.2) is 102 Å². The van der Waals surface area contributed by atoms with E-state index >= 15 is 0 Å². The van der Waals surface area contributed by atoms with Gasteiger partial charge in [0.2, 0.25) is 0 Å². The minimum absolute atomic E-state index is 0.194. The first-order valence-electron chi connectivity index (χ1n) is 13.3. The molecule has 0 fully saturated rings. The van der Waals surface area contributed by atoms with Crippen molar-refractivity contribution in [2.75, 3.05) is 11.9 Å². The molecule has 0 radical (unpaired) electrons. The van der Waals surface area contributed by atoms with Gasteiger partial charge in [0.25, 0.3) is 5.56 Å². The molecule has 40 heavy (non-hydrogen) atoms. The highest BCUT2D eigenvalue weighted by atomic mass is 35.5. The van der Waals surface area contributed by atoms with E-state index in [0.717, 1.165) is 22.4 Å². The number of nitrogens with zero attached hydrogens (tertiary/aromatic N) is 3. The number of urea groups is 1. The first-order valence-corrected chi connectivity index (χ1v) is 13.7. The summed E-state index contributed by atoms with van der Waals surface area (Å²) >= 11 is 6.26. The second kappa shape index (κ2) is 11.8. The molecule has 0 saturated carbocycles. The van der Waals surface area contributed by atoms with Gasteiger partial charge in [-0.15, -0.1) is 0 Å². The van der Waals surface area contributed by atoms with Gasteiger partial charge in [-0.3, -0.25) is 9.36 Å². The minimum atomic E-state index is -0.542. The van der Waals surface area contributed by atoms with Gasteiger partial charge in [0.15, 0.2) is 0 Å². The third-order valence-corrected chi connectivity index (χ3v) is 7.41. The Balaban J connectivity index is 1.63. The van der Waals surface area contributed by atoms with Crippen molar-refractivity contribution in [1.82, 2.24) is 14.5 Å². The number of amides is 2. The zero-order valence-electron chi connectivity index (χ0n) is 22.8. The van der Waals surface area contributed by atoms with E-state index in [-0.39, 0.29) is 11.6 Å². The molecule has 1 heterocycles. The average Bonchev–Trinajstić information content (AvgIpc) is 2.95. The van der Waals surface area contributed by atoms with Gasteiger partial charge < -0.3 is 10.2 Å². The summed E-state index contributed by atoms with van der Waals surface area (Å²) in [5, 5.41) is 4.17. The van der Waals surface area contributed by atoms with Crippen molar-refractivity contribution in [1.29, 1.82) is 0 Å². The standard InChI is InChI=1S/C33H31ClN4O2/c1-22-11-7-9-15-28(22)36-33(40)37(20-19-25-12-5-4-6-13-25)24(3)31-35-29-16-10-8-14-27(29)32(39)38(31)30-18-17-26(34)21-23(30)2/h4-18,21,24H,19-20H2,1-3H3,(H,36,40). The van der Waals surface area contributed by atoms with Gasteiger partial charge in [0, 0.05) is 17.3 Å². The summed E-state index contributed by atoms with van der Waals surface area (Å²) in [4.78, 5) is 34.6. The van der Waals surface area contributed by atoms with Gasteiger partial charge in [-0.05, 0) is 80.3 Å². The van der Waals surface area contributed by atoms with Crippen molar-refractivity contribution in [3.63, 3.8) is 0 Å². The monoisotopic (exact) mass is 550 g/mol. The SMILES string of the molecule is Cc1ccccc1NC(=O)N(CCc1ccccc1)C(C)c1nc2ccccc2c(=O)n1-c1ccc(Cl)cc1C. The molecule has 0 bridgehead atoms. The van der Waals surface area contributed by atoms with Crippen LogP contribution >= 0.6 is 11.6 Å². The van der Waals surface area contributed by atoms with Gasteiger partial charge in [-0.1, -0.05) is 72.3 Å². The van der Waals surface area contributed by atoms with E-state index in [1.165, 1.54) is 0 Å². The van der Waals surface area contributed by atoms with E-state index in [2.05, 4.69) is 5.32 Å². The smallest absolute Gasteiger partial charge is 0.314 e. The summed E-state index contributed by atoms with van der Waals surface area (Å²) in [6.45, 7) is 6.21. The highest BCUT2D eigenvalue weighted by molar-refractivity contribution is 6.30. The number of carbonyl (C=O) groups excluding carboxylic acids is 1. The quantitative estimate of drug-likeness (QED) is 0.228. The van der Waals surface area contributed by atoms with Crippen molar-refractivity contribution in [2.45, 2.75) is 33.2 Å². The number of nitrogens with one attached hydrogen (secondary N) is 1. The topological polar surface area (TPSA) is 67.2 Å². The maximum absolute atomic E-state index is 14.0. The summed E-state index contributed by atoms with van der Waals surface area (Å²) in [6, 6.07) is 29.6. The van der Waals surface area contributed by atoms with Crippen LogP contribution in [0.2, 0.25) is 5.02 Å². The molecule has 5 rings (SSSR count). The minimum Gasteiger partial charge on any atom is -0.314 e. The molecule has 1 unspecified atom stereocenters. The van der Waals surface area contributed by atoms with Gasteiger partial charge >= 0.3 is 6.03 Å². The molecule has 202 valence electrons. The zero-order valence-corrected chi connectivity index (χ0v) is 23.5. The van der Waals surface area contributed by atoms with Crippen LogP contribution < -0.4 is 10.9 Å². The Morgan fingerprint density at radius 3 is 2.38 bits per heavy atom. The van der Waals surface area contributed by atoms with Gasteiger partial charge in [-0.2, -0.15) is 0 Å².